The molecule has 0 saturated carbocycles. The summed E-state index contributed by atoms with van der Waals surface area (Å²) in [6.45, 7) is 1.87. The molecule has 1 saturated heterocycles. The maximum Gasteiger partial charge on any atom is 0.293 e. The van der Waals surface area contributed by atoms with Crippen molar-refractivity contribution in [2.75, 3.05) is 13.1 Å². The van der Waals surface area contributed by atoms with Crippen molar-refractivity contribution in [3.05, 3.63) is 75.7 Å². The highest BCUT2D eigenvalue weighted by atomic mass is 32.2. The van der Waals surface area contributed by atoms with Crippen molar-refractivity contribution in [3.8, 4) is 0 Å². The number of hydrogen-bond acceptors (Lipinski definition) is 4. The molecule has 3 rings (SSSR count). The van der Waals surface area contributed by atoms with E-state index in [4.69, 9.17) is 0 Å². The molecule has 1 aliphatic rings. The first kappa shape index (κ1) is 19.8. The molecule has 3 amide bonds. The molecule has 0 spiro atoms. The molecule has 0 unspecified atom stereocenters. The van der Waals surface area contributed by atoms with Gasteiger partial charge in [0.1, 0.15) is 11.6 Å². The molecule has 1 N–H and O–H groups in total. The molecule has 2 aromatic carbocycles. The van der Waals surface area contributed by atoms with E-state index in [2.05, 4.69) is 5.32 Å². The number of nitrogens with zero attached hydrogens (tertiary/aromatic N) is 1. The van der Waals surface area contributed by atoms with Crippen LogP contribution in [0, 0.1) is 18.6 Å². The molecule has 1 fully saturated rings. The first-order valence-corrected chi connectivity index (χ1v) is 9.21. The summed E-state index contributed by atoms with van der Waals surface area (Å²) < 4.78 is 26.4. The van der Waals surface area contributed by atoms with Gasteiger partial charge in [-0.05, 0) is 42.5 Å². The SMILES string of the molecule is Cc1ccc(/C=C2\SC(=O)N(CCNC(=O)c3cc(F)cc(F)c3)C2=O)cc1. The van der Waals surface area contributed by atoms with Gasteiger partial charge in [-0.2, -0.15) is 0 Å². The summed E-state index contributed by atoms with van der Waals surface area (Å²) in [5.41, 5.74) is 1.71. The Labute approximate surface area is 164 Å². The molecular weight excluding hydrogens is 386 g/mol. The molecule has 0 bridgehead atoms. The fourth-order valence-electron chi connectivity index (χ4n) is 2.58. The monoisotopic (exact) mass is 402 g/mol. The molecule has 8 heteroatoms. The number of imide groups is 1. The lowest BCUT2D eigenvalue weighted by atomic mass is 10.1. The van der Waals surface area contributed by atoms with Crippen LogP contribution in [0.15, 0.2) is 47.4 Å². The second kappa shape index (κ2) is 8.35. The summed E-state index contributed by atoms with van der Waals surface area (Å²) >= 11 is 0.827. The van der Waals surface area contributed by atoms with E-state index in [1.54, 1.807) is 6.08 Å². The highest BCUT2D eigenvalue weighted by Crippen LogP contribution is 2.31. The Bertz CT molecular complexity index is 954. The van der Waals surface area contributed by atoms with Crippen molar-refractivity contribution >= 4 is 34.9 Å². The average Bonchev–Trinajstić information content (AvgIpc) is 2.90. The number of thioether (sulfide) groups is 1. The summed E-state index contributed by atoms with van der Waals surface area (Å²) in [5.74, 6) is -2.86. The smallest absolute Gasteiger partial charge is 0.293 e. The van der Waals surface area contributed by atoms with Crippen LogP contribution in [0.3, 0.4) is 0 Å². The average molecular weight is 402 g/mol. The second-order valence-corrected chi connectivity index (χ2v) is 7.15. The molecule has 0 radical (unpaired) electrons. The summed E-state index contributed by atoms with van der Waals surface area (Å²) in [6.07, 6.45) is 1.64. The highest BCUT2D eigenvalue weighted by molar-refractivity contribution is 8.18. The molecule has 0 aliphatic carbocycles. The minimum Gasteiger partial charge on any atom is -0.350 e. The molecular formula is C20H16F2N2O3S. The number of amides is 3. The fraction of sp³-hybridized carbons (Fsp3) is 0.150. The molecule has 1 heterocycles. The van der Waals surface area contributed by atoms with Crippen LogP contribution < -0.4 is 5.32 Å². The lowest BCUT2D eigenvalue weighted by molar-refractivity contribution is -0.122. The third-order valence-corrected chi connectivity index (χ3v) is 4.90. The predicted octanol–water partition coefficient (Wildman–Crippen LogP) is 3.74. The summed E-state index contributed by atoms with van der Waals surface area (Å²) in [4.78, 5) is 37.8. The zero-order valence-corrected chi connectivity index (χ0v) is 15.7. The van der Waals surface area contributed by atoms with E-state index in [1.165, 1.54) is 0 Å². The fourth-order valence-corrected chi connectivity index (χ4v) is 3.44. The van der Waals surface area contributed by atoms with Crippen LogP contribution in [-0.4, -0.2) is 35.0 Å². The maximum atomic E-state index is 13.2. The molecule has 144 valence electrons. The van der Waals surface area contributed by atoms with Gasteiger partial charge in [0.2, 0.25) is 0 Å². The van der Waals surface area contributed by atoms with E-state index in [9.17, 15) is 23.2 Å². The number of carbonyl (C=O) groups is 3. The van der Waals surface area contributed by atoms with Crippen LogP contribution >= 0.6 is 11.8 Å². The number of rotatable bonds is 5. The van der Waals surface area contributed by atoms with E-state index in [1.807, 2.05) is 31.2 Å². The van der Waals surface area contributed by atoms with Crippen molar-refractivity contribution < 1.29 is 23.2 Å². The van der Waals surface area contributed by atoms with E-state index < -0.39 is 28.7 Å². The second-order valence-electron chi connectivity index (χ2n) is 6.16. The highest BCUT2D eigenvalue weighted by Gasteiger charge is 2.34. The molecule has 28 heavy (non-hydrogen) atoms. The van der Waals surface area contributed by atoms with Gasteiger partial charge in [-0.3, -0.25) is 19.3 Å². The van der Waals surface area contributed by atoms with Crippen molar-refractivity contribution in [2.24, 2.45) is 0 Å². The Hall–Kier alpha value is -3.00. The quantitative estimate of drug-likeness (QED) is 0.774. The van der Waals surface area contributed by atoms with Crippen LogP contribution in [-0.2, 0) is 4.79 Å². The number of aryl methyl sites for hydroxylation is 1. The van der Waals surface area contributed by atoms with E-state index in [0.29, 0.717) is 11.0 Å². The third-order valence-electron chi connectivity index (χ3n) is 3.99. The molecule has 2 aromatic rings. The van der Waals surface area contributed by atoms with E-state index >= 15 is 0 Å². The largest absolute Gasteiger partial charge is 0.350 e. The minimum absolute atomic E-state index is 0.0349. The first-order valence-electron chi connectivity index (χ1n) is 8.40. The van der Waals surface area contributed by atoms with Crippen LogP contribution in [0.4, 0.5) is 13.6 Å². The molecule has 0 atom stereocenters. The van der Waals surface area contributed by atoms with Gasteiger partial charge in [-0.25, -0.2) is 8.78 Å². The van der Waals surface area contributed by atoms with Crippen molar-refractivity contribution in [1.29, 1.82) is 0 Å². The van der Waals surface area contributed by atoms with Crippen LogP contribution in [0.25, 0.3) is 6.08 Å². The standard InChI is InChI=1S/C20H16F2N2O3S/c1-12-2-4-13(5-3-12)8-17-19(26)24(20(27)28-17)7-6-23-18(25)14-9-15(21)11-16(22)10-14/h2-5,8-11H,6-7H2,1H3,(H,23,25)/b17-8-. The van der Waals surface area contributed by atoms with E-state index in [-0.39, 0.29) is 18.7 Å². The van der Waals surface area contributed by atoms with Gasteiger partial charge >= 0.3 is 0 Å². The van der Waals surface area contributed by atoms with Gasteiger partial charge in [0.15, 0.2) is 0 Å². The minimum atomic E-state index is -0.864. The topological polar surface area (TPSA) is 66.5 Å². The number of nitrogens with one attached hydrogen (secondary N) is 1. The molecule has 5 nitrogen and oxygen atoms in total. The number of benzene rings is 2. The van der Waals surface area contributed by atoms with Crippen LogP contribution in [0.1, 0.15) is 21.5 Å². The Kier molecular flexibility index (Phi) is 5.89. The lowest BCUT2D eigenvalue weighted by Gasteiger charge is -2.13. The Morgan fingerprint density at radius 3 is 2.39 bits per heavy atom. The van der Waals surface area contributed by atoms with Crippen molar-refractivity contribution in [3.63, 3.8) is 0 Å². The van der Waals surface area contributed by atoms with Crippen LogP contribution in [0.5, 0.6) is 0 Å². The Morgan fingerprint density at radius 2 is 1.75 bits per heavy atom. The predicted molar refractivity (Wildman–Crippen MR) is 103 cm³/mol. The summed E-state index contributed by atoms with van der Waals surface area (Å²) in [6, 6.07) is 9.98. The van der Waals surface area contributed by atoms with Gasteiger partial charge in [-0.15, -0.1) is 0 Å². The maximum absolute atomic E-state index is 13.2. The first-order chi connectivity index (χ1) is 13.3. The van der Waals surface area contributed by atoms with E-state index in [0.717, 1.165) is 39.9 Å². The van der Waals surface area contributed by atoms with Crippen molar-refractivity contribution in [1.82, 2.24) is 10.2 Å². The normalized spacial score (nSPS) is 15.4. The van der Waals surface area contributed by atoms with Gasteiger partial charge in [0.05, 0.1) is 4.91 Å². The zero-order valence-electron chi connectivity index (χ0n) is 14.9. The summed E-state index contributed by atoms with van der Waals surface area (Å²) in [5, 5.41) is 2.01. The summed E-state index contributed by atoms with van der Waals surface area (Å²) in [7, 11) is 0. The van der Waals surface area contributed by atoms with Crippen LogP contribution in [0.2, 0.25) is 0 Å². The zero-order chi connectivity index (χ0) is 20.3. The van der Waals surface area contributed by atoms with Crippen molar-refractivity contribution in [2.45, 2.75) is 6.92 Å². The molecule has 1 aliphatic heterocycles. The van der Waals surface area contributed by atoms with Gasteiger partial charge < -0.3 is 5.32 Å². The number of halogens is 2. The Balaban J connectivity index is 1.60. The molecule has 0 aromatic heterocycles. The van der Waals surface area contributed by atoms with Gasteiger partial charge in [0.25, 0.3) is 17.1 Å². The number of carbonyl (C=O) groups excluding carboxylic acids is 3. The third kappa shape index (κ3) is 4.64. The van der Waals surface area contributed by atoms with Gasteiger partial charge in [0, 0.05) is 24.7 Å². The number of hydrogen-bond donors (Lipinski definition) is 1. The Morgan fingerprint density at radius 1 is 1.11 bits per heavy atom. The lowest BCUT2D eigenvalue weighted by Crippen LogP contribution is -2.37. The van der Waals surface area contributed by atoms with Gasteiger partial charge in [-0.1, -0.05) is 29.8 Å².